The first kappa shape index (κ1) is 23.0. The molecule has 2 saturated heterocycles. The van der Waals surface area contributed by atoms with E-state index in [1.54, 1.807) is 18.5 Å². The van der Waals surface area contributed by atoms with Gasteiger partial charge in [0.1, 0.15) is 12.1 Å². The largest absolute Gasteiger partial charge is 0.383 e. The summed E-state index contributed by atoms with van der Waals surface area (Å²) in [5.74, 6) is 0.128. The van der Waals surface area contributed by atoms with Crippen molar-refractivity contribution in [3.05, 3.63) is 78.2 Å². The molecule has 2 fully saturated rings. The van der Waals surface area contributed by atoms with Gasteiger partial charge in [-0.25, -0.2) is 9.97 Å². The van der Waals surface area contributed by atoms with Crippen LogP contribution in [-0.4, -0.2) is 63.4 Å². The van der Waals surface area contributed by atoms with Crippen molar-refractivity contribution in [2.24, 2.45) is 0 Å². The number of nitrogen functional groups attached to an aromatic ring is 1. The fourth-order valence-electron chi connectivity index (χ4n) is 6.32. The van der Waals surface area contributed by atoms with Gasteiger partial charge in [0.05, 0.1) is 24.5 Å². The van der Waals surface area contributed by atoms with Crippen LogP contribution in [0.1, 0.15) is 66.6 Å². The Labute approximate surface area is 230 Å². The molecule has 5 aromatic rings. The number of pyridine rings is 1. The second kappa shape index (κ2) is 9.37. The molecule has 0 aliphatic carbocycles. The zero-order chi connectivity index (χ0) is 28.2. The van der Waals surface area contributed by atoms with Crippen LogP contribution in [0, 0.1) is 0 Å². The predicted molar refractivity (Wildman–Crippen MR) is 147 cm³/mol. The predicted octanol–water partition coefficient (Wildman–Crippen LogP) is 3.91. The summed E-state index contributed by atoms with van der Waals surface area (Å²) in [5, 5.41) is 11.0. The Kier molecular flexibility index (Phi) is 5.39. The minimum atomic E-state index is -0.170. The minimum Gasteiger partial charge on any atom is -0.383 e. The number of piperidine rings is 1. The zero-order valence-corrected chi connectivity index (χ0v) is 21.8. The molecule has 4 aromatic heterocycles. The van der Waals surface area contributed by atoms with Crippen LogP contribution >= 0.6 is 0 Å². The number of amides is 1. The van der Waals surface area contributed by atoms with E-state index in [-0.39, 0.29) is 41.3 Å². The van der Waals surface area contributed by atoms with E-state index in [9.17, 15) is 9.59 Å². The summed E-state index contributed by atoms with van der Waals surface area (Å²) in [5.41, 5.74) is 11.1. The number of carbonyl (C=O) groups excluding carboxylic acids is 2. The quantitative estimate of drug-likeness (QED) is 0.323. The highest BCUT2D eigenvalue weighted by Gasteiger charge is 2.45. The lowest BCUT2D eigenvalue weighted by molar-refractivity contribution is 0.0556. The fraction of sp³-hybridized carbons (Fsp3) is 0.276. The Morgan fingerprint density at radius 2 is 1.88 bits per heavy atom. The highest BCUT2D eigenvalue weighted by atomic mass is 16.2. The van der Waals surface area contributed by atoms with Gasteiger partial charge in [-0.15, -0.1) is 0 Å². The number of hydrogen-bond donors (Lipinski definition) is 2. The number of hydrogen-bond acceptors (Lipinski definition) is 8. The molecule has 2 atom stereocenters. The Morgan fingerprint density at radius 3 is 2.55 bits per heavy atom. The van der Waals surface area contributed by atoms with Crippen LogP contribution in [0.5, 0.6) is 0 Å². The van der Waals surface area contributed by atoms with Crippen molar-refractivity contribution in [3.63, 3.8) is 0 Å². The van der Waals surface area contributed by atoms with Crippen LogP contribution in [-0.2, 0) is 0 Å². The van der Waals surface area contributed by atoms with Gasteiger partial charge in [-0.3, -0.25) is 19.7 Å². The smallest absolute Gasteiger partial charge is 0.291 e. The normalized spacial score (nSPS) is 20.6. The van der Waals surface area contributed by atoms with Crippen LogP contribution in [0.25, 0.3) is 28.0 Å². The number of benzene rings is 1. The maximum Gasteiger partial charge on any atom is 0.291 e. The molecular weight excluding hydrogens is 506 g/mol. The van der Waals surface area contributed by atoms with Gasteiger partial charge in [0.15, 0.2) is 11.4 Å². The first-order valence-corrected chi connectivity index (χ1v) is 13.3. The summed E-state index contributed by atoms with van der Waals surface area (Å²) < 4.78 is 9.69. The number of fused-ring (bicyclic) bond motifs is 3. The van der Waals surface area contributed by atoms with Crippen molar-refractivity contribution in [3.8, 4) is 22.4 Å². The molecule has 7 rings (SSSR count). The summed E-state index contributed by atoms with van der Waals surface area (Å²) in [4.78, 5) is 41.6. The summed E-state index contributed by atoms with van der Waals surface area (Å²) in [6, 6.07) is 11.5. The molecule has 11 nitrogen and oxygen atoms in total. The van der Waals surface area contributed by atoms with Crippen molar-refractivity contribution in [2.75, 3.05) is 5.73 Å². The number of Topliss-reactive ketones (excluding diaryl/α,β-unsaturated/α-hetero) is 1. The second-order valence-corrected chi connectivity index (χ2v) is 10.4. The third kappa shape index (κ3) is 3.84. The first-order valence-electron chi connectivity index (χ1n) is 13.8. The minimum absolute atomic E-state index is 0.0106. The Balaban J connectivity index is 1.26. The molecule has 2 unspecified atom stereocenters. The van der Waals surface area contributed by atoms with Gasteiger partial charge in [0.25, 0.3) is 5.91 Å². The van der Waals surface area contributed by atoms with Gasteiger partial charge < -0.3 is 10.6 Å². The molecule has 2 aliphatic rings. The van der Waals surface area contributed by atoms with E-state index in [0.717, 1.165) is 29.5 Å². The summed E-state index contributed by atoms with van der Waals surface area (Å²) in [6.07, 6.45) is 7.87. The standard InChI is InChI=1S/C29H27N9O2/c1-16(39)24-25(19-11-20-8-9-21(12-19)37(20)29(40)27-32-15-33-36-27)35-28-22(14-34-38(28)26(24)30)18-7-10-23(31-13-18)17-5-3-2-4-6-17/h2-7,10,13-15,19-21H,8-9,11-12,30H2,1H3,(H,32,33,36)/i5D. The molecule has 2 aliphatic heterocycles. The number of H-pyrrole nitrogens is 1. The maximum absolute atomic E-state index is 13.1. The van der Waals surface area contributed by atoms with Gasteiger partial charge in [0.2, 0.25) is 5.82 Å². The van der Waals surface area contributed by atoms with Gasteiger partial charge in [-0.1, -0.05) is 36.4 Å². The van der Waals surface area contributed by atoms with Crippen LogP contribution in [0.4, 0.5) is 5.82 Å². The van der Waals surface area contributed by atoms with Gasteiger partial charge in [-0.05, 0) is 38.7 Å². The molecule has 0 spiro atoms. The van der Waals surface area contributed by atoms with Crippen molar-refractivity contribution in [1.82, 2.24) is 39.7 Å². The van der Waals surface area contributed by atoms with E-state index in [2.05, 4.69) is 25.3 Å². The highest BCUT2D eigenvalue weighted by Crippen LogP contribution is 2.45. The number of carbonyl (C=O) groups is 2. The molecular formula is C29H27N9O2. The van der Waals surface area contributed by atoms with Crippen molar-refractivity contribution in [2.45, 2.75) is 50.6 Å². The molecule has 11 heteroatoms. The fourth-order valence-corrected chi connectivity index (χ4v) is 6.32. The van der Waals surface area contributed by atoms with Crippen molar-refractivity contribution >= 4 is 23.2 Å². The van der Waals surface area contributed by atoms with Crippen LogP contribution in [0.15, 0.2) is 61.2 Å². The first-order chi connectivity index (χ1) is 19.9. The van der Waals surface area contributed by atoms with E-state index >= 15 is 0 Å². The molecule has 40 heavy (non-hydrogen) atoms. The van der Waals surface area contributed by atoms with E-state index < -0.39 is 0 Å². The van der Waals surface area contributed by atoms with Crippen LogP contribution in [0.2, 0.25) is 0 Å². The highest BCUT2D eigenvalue weighted by molar-refractivity contribution is 6.00. The van der Waals surface area contributed by atoms with E-state index in [1.165, 1.54) is 17.8 Å². The lowest BCUT2D eigenvalue weighted by atomic mass is 9.85. The monoisotopic (exact) mass is 534 g/mol. The maximum atomic E-state index is 13.1. The number of nitrogens with one attached hydrogen (secondary N) is 1. The van der Waals surface area contributed by atoms with Crippen molar-refractivity contribution < 1.29 is 11.0 Å². The molecule has 1 aromatic carbocycles. The zero-order valence-electron chi connectivity index (χ0n) is 22.8. The molecule has 0 saturated carbocycles. The Bertz CT molecular complexity index is 1790. The summed E-state index contributed by atoms with van der Waals surface area (Å²) >= 11 is 0. The second-order valence-electron chi connectivity index (χ2n) is 10.4. The number of aromatic nitrogens is 7. The van der Waals surface area contributed by atoms with E-state index in [1.807, 2.05) is 35.2 Å². The third-order valence-corrected chi connectivity index (χ3v) is 8.09. The molecule has 2 bridgehead atoms. The van der Waals surface area contributed by atoms with Crippen molar-refractivity contribution in [1.29, 1.82) is 0 Å². The molecule has 3 N–H and O–H groups in total. The van der Waals surface area contributed by atoms with Gasteiger partial charge in [0, 0.05) is 40.9 Å². The molecule has 0 radical (unpaired) electrons. The summed E-state index contributed by atoms with van der Waals surface area (Å²) in [6.45, 7) is 1.50. The third-order valence-electron chi connectivity index (χ3n) is 8.09. The number of anilines is 1. The molecule has 200 valence electrons. The summed E-state index contributed by atoms with van der Waals surface area (Å²) in [7, 11) is 0. The number of nitrogens with zero attached hydrogens (tertiary/aromatic N) is 7. The Morgan fingerprint density at radius 1 is 1.05 bits per heavy atom. The van der Waals surface area contributed by atoms with Gasteiger partial charge >= 0.3 is 0 Å². The Hall–Kier alpha value is -4.93. The molecule has 1 amide bonds. The number of nitrogens with two attached hydrogens (primary N) is 1. The average molecular weight is 535 g/mol. The topological polar surface area (TPSA) is 148 Å². The number of rotatable bonds is 5. The SMILES string of the molecule is [2H]c1ccccc1-c1ccc(-c2cnn3c(N)c(C(C)=O)c(C4CC5CCC(C4)N5C(=O)c4ncn[nH]4)nc23)cn1. The number of ketones is 1. The van der Waals surface area contributed by atoms with E-state index in [4.69, 9.17) is 12.1 Å². The number of aromatic amines is 1. The average Bonchev–Trinajstić information content (AvgIpc) is 3.71. The van der Waals surface area contributed by atoms with E-state index in [0.29, 0.717) is 41.5 Å². The van der Waals surface area contributed by atoms with Crippen LogP contribution < -0.4 is 5.73 Å². The molecule has 6 heterocycles. The van der Waals surface area contributed by atoms with Gasteiger partial charge in [-0.2, -0.15) is 14.7 Å². The lowest BCUT2D eigenvalue weighted by Crippen LogP contribution is -2.46. The lowest BCUT2D eigenvalue weighted by Gasteiger charge is -2.38. The van der Waals surface area contributed by atoms with Crippen LogP contribution in [0.3, 0.4) is 0 Å².